The van der Waals surface area contributed by atoms with Gasteiger partial charge in [0, 0.05) is 16.1 Å². The minimum atomic E-state index is -0.257. The minimum Gasteiger partial charge on any atom is -0.330 e. The Hall–Kier alpha value is -0.450. The summed E-state index contributed by atoms with van der Waals surface area (Å²) < 4.78 is 14.2. The molecule has 0 saturated heterocycles. The molecule has 0 spiro atoms. The van der Waals surface area contributed by atoms with Crippen molar-refractivity contribution in [2.75, 3.05) is 6.54 Å². The van der Waals surface area contributed by atoms with E-state index in [4.69, 9.17) is 11.5 Å². The largest absolute Gasteiger partial charge is 0.330 e. The zero-order chi connectivity index (χ0) is 11.3. The molecule has 4 N–H and O–H groups in total. The van der Waals surface area contributed by atoms with Gasteiger partial charge in [-0.05, 0) is 31.5 Å². The monoisotopic (exact) mass is 274 g/mol. The lowest BCUT2D eigenvalue weighted by Crippen LogP contribution is -2.13. The Labute approximate surface area is 98.0 Å². The summed E-state index contributed by atoms with van der Waals surface area (Å²) in [6, 6.07) is 4.65. The van der Waals surface area contributed by atoms with Crippen molar-refractivity contribution < 1.29 is 4.39 Å². The maximum atomic E-state index is 13.5. The molecule has 0 saturated carbocycles. The molecule has 0 fully saturated rings. The molecule has 1 aromatic rings. The van der Waals surface area contributed by atoms with Gasteiger partial charge in [-0.1, -0.05) is 28.4 Å². The summed E-state index contributed by atoms with van der Waals surface area (Å²) in [5.41, 5.74) is 11.9. The van der Waals surface area contributed by atoms with Crippen LogP contribution >= 0.6 is 15.9 Å². The molecule has 0 radical (unpaired) electrons. The number of unbranched alkanes of at least 4 members (excludes halogenated alkanes) is 1. The third-order valence-electron chi connectivity index (χ3n) is 2.34. The molecule has 0 aliphatic carbocycles. The van der Waals surface area contributed by atoms with Gasteiger partial charge in [0.25, 0.3) is 0 Å². The van der Waals surface area contributed by atoms with Crippen LogP contribution in [0.5, 0.6) is 0 Å². The van der Waals surface area contributed by atoms with E-state index in [9.17, 15) is 4.39 Å². The first-order chi connectivity index (χ1) is 7.16. The lowest BCUT2D eigenvalue weighted by Gasteiger charge is -2.14. The summed E-state index contributed by atoms with van der Waals surface area (Å²) in [5.74, 6) is -0.246. The molecule has 1 rings (SSSR count). The summed E-state index contributed by atoms with van der Waals surface area (Å²) in [5, 5.41) is 0. The molecule has 0 amide bonds. The highest BCUT2D eigenvalue weighted by Crippen LogP contribution is 2.27. The second-order valence-electron chi connectivity index (χ2n) is 3.53. The van der Waals surface area contributed by atoms with E-state index in [1.54, 1.807) is 12.1 Å². The van der Waals surface area contributed by atoms with Crippen molar-refractivity contribution >= 4 is 15.9 Å². The summed E-state index contributed by atoms with van der Waals surface area (Å²) >= 11 is 3.31. The van der Waals surface area contributed by atoms with Crippen LogP contribution in [0.3, 0.4) is 0 Å². The lowest BCUT2D eigenvalue weighted by atomic mass is 10.0. The zero-order valence-electron chi connectivity index (χ0n) is 8.55. The van der Waals surface area contributed by atoms with E-state index < -0.39 is 0 Å². The van der Waals surface area contributed by atoms with Crippen LogP contribution in [0.15, 0.2) is 22.7 Å². The SMILES string of the molecule is NCCCC[C@@H](N)c1c(F)cccc1Br. The molecular weight excluding hydrogens is 259 g/mol. The molecule has 0 aliphatic rings. The normalized spacial score (nSPS) is 12.8. The second kappa shape index (κ2) is 6.20. The van der Waals surface area contributed by atoms with E-state index in [0.717, 1.165) is 23.7 Å². The molecule has 1 aromatic carbocycles. The summed E-state index contributed by atoms with van der Waals surface area (Å²) in [7, 11) is 0. The summed E-state index contributed by atoms with van der Waals surface area (Å²) in [6.45, 7) is 0.658. The van der Waals surface area contributed by atoms with Crippen LogP contribution in [0.25, 0.3) is 0 Å². The van der Waals surface area contributed by atoms with Gasteiger partial charge in [0.15, 0.2) is 0 Å². The van der Waals surface area contributed by atoms with Gasteiger partial charge in [0.1, 0.15) is 5.82 Å². The number of halogens is 2. The van der Waals surface area contributed by atoms with Crippen LogP contribution in [0, 0.1) is 5.82 Å². The highest BCUT2D eigenvalue weighted by molar-refractivity contribution is 9.10. The Balaban J connectivity index is 2.68. The first-order valence-corrected chi connectivity index (χ1v) is 5.85. The van der Waals surface area contributed by atoms with Gasteiger partial charge in [-0.2, -0.15) is 0 Å². The van der Waals surface area contributed by atoms with Crippen molar-refractivity contribution in [1.29, 1.82) is 0 Å². The topological polar surface area (TPSA) is 52.0 Å². The Bertz CT molecular complexity index is 297. The highest BCUT2D eigenvalue weighted by Gasteiger charge is 2.14. The molecule has 15 heavy (non-hydrogen) atoms. The molecule has 4 heteroatoms. The van der Waals surface area contributed by atoms with Gasteiger partial charge in [0.05, 0.1) is 0 Å². The maximum absolute atomic E-state index is 13.5. The third kappa shape index (κ3) is 3.55. The Morgan fingerprint density at radius 1 is 1.33 bits per heavy atom. The van der Waals surface area contributed by atoms with E-state index in [1.165, 1.54) is 6.07 Å². The Kier molecular flexibility index (Phi) is 5.22. The quantitative estimate of drug-likeness (QED) is 0.812. The molecule has 84 valence electrons. The van der Waals surface area contributed by atoms with Gasteiger partial charge >= 0.3 is 0 Å². The molecule has 0 aromatic heterocycles. The Morgan fingerprint density at radius 2 is 2.07 bits per heavy atom. The van der Waals surface area contributed by atoms with E-state index in [0.29, 0.717) is 12.1 Å². The zero-order valence-corrected chi connectivity index (χ0v) is 10.1. The Morgan fingerprint density at radius 3 is 2.67 bits per heavy atom. The number of hydrogen-bond donors (Lipinski definition) is 2. The summed E-state index contributed by atoms with van der Waals surface area (Å²) in [6.07, 6.45) is 2.62. The predicted molar refractivity (Wildman–Crippen MR) is 63.9 cm³/mol. The first-order valence-electron chi connectivity index (χ1n) is 5.06. The van der Waals surface area contributed by atoms with Gasteiger partial charge < -0.3 is 11.5 Å². The molecule has 0 bridgehead atoms. The molecule has 0 unspecified atom stereocenters. The van der Waals surface area contributed by atoms with Crippen LogP contribution in [-0.2, 0) is 0 Å². The summed E-state index contributed by atoms with van der Waals surface area (Å²) in [4.78, 5) is 0. The molecule has 0 heterocycles. The lowest BCUT2D eigenvalue weighted by molar-refractivity contribution is 0.541. The highest BCUT2D eigenvalue weighted by atomic mass is 79.9. The number of nitrogens with two attached hydrogens (primary N) is 2. The van der Waals surface area contributed by atoms with Crippen molar-refractivity contribution in [2.45, 2.75) is 25.3 Å². The van der Waals surface area contributed by atoms with Crippen LogP contribution < -0.4 is 11.5 Å². The van der Waals surface area contributed by atoms with Crippen molar-refractivity contribution in [3.8, 4) is 0 Å². The van der Waals surface area contributed by atoms with Crippen molar-refractivity contribution in [1.82, 2.24) is 0 Å². The van der Waals surface area contributed by atoms with Crippen molar-refractivity contribution in [2.24, 2.45) is 11.5 Å². The van der Waals surface area contributed by atoms with Gasteiger partial charge in [-0.15, -0.1) is 0 Å². The van der Waals surface area contributed by atoms with Gasteiger partial charge in [-0.3, -0.25) is 0 Å². The van der Waals surface area contributed by atoms with E-state index >= 15 is 0 Å². The minimum absolute atomic E-state index is 0.246. The standard InChI is InChI=1S/C11H16BrFN2/c12-8-4-3-5-9(13)11(8)10(15)6-1-2-7-14/h3-5,10H,1-2,6-7,14-15H2/t10-/m1/s1. The molecular formula is C11H16BrFN2. The van der Waals surface area contributed by atoms with E-state index in [1.807, 2.05) is 0 Å². The van der Waals surface area contributed by atoms with E-state index in [-0.39, 0.29) is 11.9 Å². The van der Waals surface area contributed by atoms with E-state index in [2.05, 4.69) is 15.9 Å². The average molecular weight is 275 g/mol. The third-order valence-corrected chi connectivity index (χ3v) is 3.03. The van der Waals surface area contributed by atoms with Crippen molar-refractivity contribution in [3.63, 3.8) is 0 Å². The fourth-order valence-electron chi connectivity index (χ4n) is 1.52. The molecule has 1 atom stereocenters. The molecule has 0 aliphatic heterocycles. The van der Waals surface area contributed by atoms with Crippen LogP contribution in [-0.4, -0.2) is 6.54 Å². The number of rotatable bonds is 5. The second-order valence-corrected chi connectivity index (χ2v) is 4.38. The molecule has 2 nitrogen and oxygen atoms in total. The predicted octanol–water partition coefficient (Wildman–Crippen LogP) is 2.72. The fourth-order valence-corrected chi connectivity index (χ4v) is 2.15. The number of benzene rings is 1. The van der Waals surface area contributed by atoms with Crippen LogP contribution in [0.2, 0.25) is 0 Å². The van der Waals surface area contributed by atoms with Gasteiger partial charge in [0.2, 0.25) is 0 Å². The smallest absolute Gasteiger partial charge is 0.129 e. The van der Waals surface area contributed by atoms with Crippen LogP contribution in [0.4, 0.5) is 4.39 Å². The number of hydrogen-bond acceptors (Lipinski definition) is 2. The van der Waals surface area contributed by atoms with Gasteiger partial charge in [-0.25, -0.2) is 4.39 Å². The maximum Gasteiger partial charge on any atom is 0.129 e. The first kappa shape index (κ1) is 12.6. The average Bonchev–Trinajstić information content (AvgIpc) is 2.18. The fraction of sp³-hybridized carbons (Fsp3) is 0.455. The van der Waals surface area contributed by atoms with Crippen molar-refractivity contribution in [3.05, 3.63) is 34.1 Å². The van der Waals surface area contributed by atoms with Crippen LogP contribution in [0.1, 0.15) is 30.9 Å².